The lowest BCUT2D eigenvalue weighted by Crippen LogP contribution is -2.17. The quantitative estimate of drug-likeness (QED) is 0.617. The van der Waals surface area contributed by atoms with Gasteiger partial charge in [0, 0.05) is 21.6 Å². The van der Waals surface area contributed by atoms with Gasteiger partial charge in [-0.05, 0) is 48.4 Å². The smallest absolute Gasteiger partial charge is 0.0453 e. The summed E-state index contributed by atoms with van der Waals surface area (Å²) in [5.41, 5.74) is 2.25. The van der Waals surface area contributed by atoms with E-state index in [-0.39, 0.29) is 12.4 Å². The van der Waals surface area contributed by atoms with E-state index in [9.17, 15) is 0 Å². The average Bonchev–Trinajstić information content (AvgIpc) is 2.46. The highest BCUT2D eigenvalue weighted by atomic mass is 35.5. The Bertz CT molecular complexity index is 609. The minimum atomic E-state index is 0. The Morgan fingerprint density at radius 3 is 2.27 bits per heavy atom. The molecule has 0 heterocycles. The molecule has 0 radical (unpaired) electrons. The Morgan fingerprint density at radius 1 is 0.909 bits per heavy atom. The van der Waals surface area contributed by atoms with Crippen molar-refractivity contribution in [1.29, 1.82) is 0 Å². The van der Waals surface area contributed by atoms with Crippen molar-refractivity contribution in [3.8, 4) is 0 Å². The first-order valence-electron chi connectivity index (χ1n) is 6.72. The van der Waals surface area contributed by atoms with Crippen LogP contribution in [0.5, 0.6) is 0 Å². The van der Waals surface area contributed by atoms with Gasteiger partial charge < -0.3 is 5.32 Å². The van der Waals surface area contributed by atoms with Crippen molar-refractivity contribution in [2.24, 2.45) is 0 Å². The van der Waals surface area contributed by atoms with E-state index in [0.29, 0.717) is 5.02 Å². The highest BCUT2D eigenvalue weighted by molar-refractivity contribution is 6.35. The fourth-order valence-corrected chi connectivity index (χ4v) is 2.53. The summed E-state index contributed by atoms with van der Waals surface area (Å²) in [5.74, 6) is 0. The van der Waals surface area contributed by atoms with Gasteiger partial charge in [0.15, 0.2) is 0 Å². The van der Waals surface area contributed by atoms with Crippen molar-refractivity contribution in [2.75, 3.05) is 13.1 Å². The van der Waals surface area contributed by atoms with E-state index in [2.05, 4.69) is 17.5 Å². The summed E-state index contributed by atoms with van der Waals surface area (Å²) in [4.78, 5) is 0. The van der Waals surface area contributed by atoms with E-state index in [0.717, 1.165) is 40.7 Å². The van der Waals surface area contributed by atoms with E-state index in [1.807, 2.05) is 36.4 Å². The highest BCUT2D eigenvalue weighted by Crippen LogP contribution is 2.21. The number of benzene rings is 2. The average molecular weight is 377 g/mol. The molecule has 0 aliphatic heterocycles. The third-order valence-corrected chi connectivity index (χ3v) is 3.87. The lowest BCUT2D eigenvalue weighted by atomic mass is 10.1. The Hall–Kier alpha value is -0.700. The molecule has 0 atom stereocenters. The SMILES string of the molecule is Cl.Clc1ccc(/C=C/CNCCc2ccc(Cl)cc2Cl)cc1. The molecule has 1 nitrogen and oxygen atoms in total. The van der Waals surface area contributed by atoms with Crippen LogP contribution in [-0.2, 0) is 6.42 Å². The van der Waals surface area contributed by atoms with Crippen LogP contribution in [0.3, 0.4) is 0 Å². The van der Waals surface area contributed by atoms with Crippen molar-refractivity contribution in [3.63, 3.8) is 0 Å². The van der Waals surface area contributed by atoms with E-state index in [1.165, 1.54) is 0 Å². The maximum Gasteiger partial charge on any atom is 0.0453 e. The van der Waals surface area contributed by atoms with Gasteiger partial charge in [-0.2, -0.15) is 0 Å². The molecule has 0 saturated carbocycles. The maximum atomic E-state index is 6.13. The van der Waals surface area contributed by atoms with E-state index < -0.39 is 0 Å². The van der Waals surface area contributed by atoms with Gasteiger partial charge in [-0.1, -0.05) is 65.2 Å². The van der Waals surface area contributed by atoms with Crippen molar-refractivity contribution in [1.82, 2.24) is 5.32 Å². The molecular formula is C17H17Cl4N. The molecule has 0 fully saturated rings. The summed E-state index contributed by atoms with van der Waals surface area (Å²) in [6, 6.07) is 13.4. The van der Waals surface area contributed by atoms with Gasteiger partial charge in [0.2, 0.25) is 0 Å². The van der Waals surface area contributed by atoms with Gasteiger partial charge in [0.25, 0.3) is 0 Å². The van der Waals surface area contributed by atoms with Crippen molar-refractivity contribution in [3.05, 3.63) is 74.7 Å². The Kier molecular flexibility index (Phi) is 8.92. The maximum absolute atomic E-state index is 6.13. The zero-order chi connectivity index (χ0) is 15.1. The van der Waals surface area contributed by atoms with Crippen molar-refractivity contribution < 1.29 is 0 Å². The first kappa shape index (κ1) is 19.3. The second-order valence-corrected chi connectivity index (χ2v) is 5.92. The van der Waals surface area contributed by atoms with E-state index in [4.69, 9.17) is 34.8 Å². The predicted octanol–water partition coefficient (Wildman–Crippen LogP) is 5.91. The molecule has 0 aliphatic rings. The fourth-order valence-electron chi connectivity index (χ4n) is 1.90. The predicted molar refractivity (Wildman–Crippen MR) is 101 cm³/mol. The molecule has 5 heteroatoms. The third kappa shape index (κ3) is 6.60. The highest BCUT2D eigenvalue weighted by Gasteiger charge is 2.00. The molecular weight excluding hydrogens is 360 g/mol. The molecule has 0 spiro atoms. The zero-order valence-electron chi connectivity index (χ0n) is 11.9. The Balaban J connectivity index is 0.00000242. The molecule has 0 amide bonds. The summed E-state index contributed by atoms with van der Waals surface area (Å²) in [7, 11) is 0. The number of hydrogen-bond donors (Lipinski definition) is 1. The van der Waals surface area contributed by atoms with Crippen molar-refractivity contribution in [2.45, 2.75) is 6.42 Å². The van der Waals surface area contributed by atoms with Gasteiger partial charge in [0.05, 0.1) is 0 Å². The molecule has 0 saturated heterocycles. The number of hydrogen-bond acceptors (Lipinski definition) is 1. The molecule has 0 aromatic heterocycles. The minimum Gasteiger partial charge on any atom is -0.313 e. The third-order valence-electron chi connectivity index (χ3n) is 3.03. The molecule has 2 rings (SSSR count). The Labute approximate surface area is 152 Å². The van der Waals surface area contributed by atoms with Crippen LogP contribution in [-0.4, -0.2) is 13.1 Å². The number of nitrogens with one attached hydrogen (secondary N) is 1. The molecule has 2 aromatic rings. The van der Waals surface area contributed by atoms with Gasteiger partial charge in [-0.3, -0.25) is 0 Å². The molecule has 22 heavy (non-hydrogen) atoms. The van der Waals surface area contributed by atoms with Gasteiger partial charge >= 0.3 is 0 Å². The molecule has 0 aliphatic carbocycles. The van der Waals surface area contributed by atoms with Crippen LogP contribution in [0.1, 0.15) is 11.1 Å². The van der Waals surface area contributed by atoms with E-state index in [1.54, 1.807) is 6.07 Å². The summed E-state index contributed by atoms with van der Waals surface area (Å²) in [6.07, 6.45) is 5.04. The monoisotopic (exact) mass is 375 g/mol. The molecule has 0 bridgehead atoms. The lowest BCUT2D eigenvalue weighted by Gasteiger charge is -2.05. The normalized spacial score (nSPS) is 10.7. The summed E-state index contributed by atoms with van der Waals surface area (Å²) in [5, 5.41) is 5.50. The summed E-state index contributed by atoms with van der Waals surface area (Å²) >= 11 is 17.8. The van der Waals surface area contributed by atoms with Gasteiger partial charge in [-0.15, -0.1) is 12.4 Å². The molecule has 0 unspecified atom stereocenters. The van der Waals surface area contributed by atoms with Crippen LogP contribution in [0, 0.1) is 0 Å². The van der Waals surface area contributed by atoms with Crippen LogP contribution < -0.4 is 5.32 Å². The fraction of sp³-hybridized carbons (Fsp3) is 0.176. The first-order chi connectivity index (χ1) is 10.1. The largest absolute Gasteiger partial charge is 0.313 e. The number of rotatable bonds is 6. The van der Waals surface area contributed by atoms with Crippen LogP contribution >= 0.6 is 47.2 Å². The van der Waals surface area contributed by atoms with Gasteiger partial charge in [-0.25, -0.2) is 0 Å². The summed E-state index contributed by atoms with van der Waals surface area (Å²) in [6.45, 7) is 1.68. The minimum absolute atomic E-state index is 0. The van der Waals surface area contributed by atoms with Crippen LogP contribution in [0.2, 0.25) is 15.1 Å². The van der Waals surface area contributed by atoms with Crippen LogP contribution in [0.4, 0.5) is 0 Å². The molecule has 1 N–H and O–H groups in total. The Morgan fingerprint density at radius 2 is 1.59 bits per heavy atom. The molecule has 2 aromatic carbocycles. The molecule has 118 valence electrons. The standard InChI is InChI=1S/C17H16Cl3N.ClH/c18-15-6-3-13(4-7-15)2-1-10-21-11-9-14-5-8-16(19)12-17(14)20;/h1-8,12,21H,9-11H2;1H/b2-1+;. The topological polar surface area (TPSA) is 12.0 Å². The number of halogens is 4. The van der Waals surface area contributed by atoms with Crippen LogP contribution in [0.15, 0.2) is 48.5 Å². The summed E-state index contributed by atoms with van der Waals surface area (Å²) < 4.78 is 0. The second kappa shape index (κ2) is 10.1. The zero-order valence-corrected chi connectivity index (χ0v) is 14.9. The van der Waals surface area contributed by atoms with E-state index >= 15 is 0 Å². The van der Waals surface area contributed by atoms with Crippen molar-refractivity contribution >= 4 is 53.3 Å². The lowest BCUT2D eigenvalue weighted by molar-refractivity contribution is 0.746. The first-order valence-corrected chi connectivity index (χ1v) is 7.85. The van der Waals surface area contributed by atoms with Crippen LogP contribution in [0.25, 0.3) is 6.08 Å². The second-order valence-electron chi connectivity index (χ2n) is 4.64. The van der Waals surface area contributed by atoms with Gasteiger partial charge in [0.1, 0.15) is 0 Å².